The van der Waals surface area contributed by atoms with E-state index in [-0.39, 0.29) is 27.9 Å². The molecule has 0 bridgehead atoms. The van der Waals surface area contributed by atoms with Gasteiger partial charge in [-0.15, -0.1) is 0 Å². The van der Waals surface area contributed by atoms with E-state index in [1.54, 1.807) is 22.8 Å². The molecule has 1 amide bonds. The largest absolute Gasteiger partial charge is 0.323 e. The van der Waals surface area contributed by atoms with Gasteiger partial charge in [-0.05, 0) is 42.3 Å². The Balaban J connectivity index is 1.86. The van der Waals surface area contributed by atoms with Gasteiger partial charge < -0.3 is 5.32 Å². The Morgan fingerprint density at radius 1 is 1.21 bits per heavy atom. The smallest absolute Gasteiger partial charge is 0.262 e. The van der Waals surface area contributed by atoms with Gasteiger partial charge in [0.05, 0.1) is 22.3 Å². The number of hydrogen-bond acceptors (Lipinski definition) is 4. The number of hydrogen-bond donors (Lipinski definition) is 1. The highest BCUT2D eigenvalue weighted by atomic mass is 35.5. The van der Waals surface area contributed by atoms with Crippen LogP contribution in [-0.2, 0) is 11.3 Å². The second-order valence-electron chi connectivity index (χ2n) is 6.83. The molecule has 9 heteroatoms. The first-order chi connectivity index (χ1) is 13.7. The van der Waals surface area contributed by atoms with Crippen LogP contribution in [0, 0.1) is 11.7 Å². The lowest BCUT2D eigenvalue weighted by Crippen LogP contribution is -2.26. The molecule has 0 aliphatic rings. The molecule has 0 unspecified atom stereocenters. The molecule has 0 fully saturated rings. The number of anilines is 1. The van der Waals surface area contributed by atoms with Crippen LogP contribution in [-0.4, -0.2) is 21.2 Å². The molecule has 3 rings (SSSR count). The lowest BCUT2D eigenvalue weighted by Gasteiger charge is -2.15. The van der Waals surface area contributed by atoms with E-state index in [0.717, 1.165) is 17.8 Å². The zero-order valence-electron chi connectivity index (χ0n) is 15.7. The Bertz CT molecular complexity index is 1130. The Hall–Kier alpha value is -2.09. The van der Waals surface area contributed by atoms with Gasteiger partial charge >= 0.3 is 0 Å². The van der Waals surface area contributed by atoms with Crippen LogP contribution in [0.5, 0.6) is 0 Å². The molecule has 152 valence electrons. The maximum atomic E-state index is 13.9. The summed E-state index contributed by atoms with van der Waals surface area (Å²) in [6.45, 7) is 4.44. The topological polar surface area (TPSA) is 64.0 Å². The van der Waals surface area contributed by atoms with Gasteiger partial charge in [0.2, 0.25) is 5.91 Å². The molecule has 2 aromatic carbocycles. The number of rotatable bonds is 6. The monoisotopic (exact) mass is 453 g/mol. The SMILES string of the molecule is CC(C)Cn1c(SCC(=O)Nc2ccc(Cl)cc2F)nc2cc(Cl)ccc2c1=O. The Morgan fingerprint density at radius 2 is 1.90 bits per heavy atom. The minimum atomic E-state index is -0.619. The van der Waals surface area contributed by atoms with Crippen LogP contribution in [0.4, 0.5) is 10.1 Å². The van der Waals surface area contributed by atoms with E-state index in [1.165, 1.54) is 12.1 Å². The molecule has 0 saturated heterocycles. The number of amides is 1. The van der Waals surface area contributed by atoms with Gasteiger partial charge in [-0.2, -0.15) is 0 Å². The number of carbonyl (C=O) groups is 1. The molecule has 5 nitrogen and oxygen atoms in total. The quantitative estimate of drug-likeness (QED) is 0.409. The molecule has 1 N–H and O–H groups in total. The standard InChI is InChI=1S/C20H18Cl2FN3O2S/c1-11(2)9-26-19(28)14-5-3-13(22)8-17(14)25-20(26)29-10-18(27)24-16-6-4-12(21)7-15(16)23/h3-8,11H,9-10H2,1-2H3,(H,24,27). The number of aromatic nitrogens is 2. The molecule has 1 aromatic heterocycles. The third-order valence-electron chi connectivity index (χ3n) is 3.97. The van der Waals surface area contributed by atoms with Crippen molar-refractivity contribution < 1.29 is 9.18 Å². The highest BCUT2D eigenvalue weighted by Gasteiger charge is 2.15. The molecular weight excluding hydrogens is 436 g/mol. The van der Waals surface area contributed by atoms with Crippen molar-refractivity contribution in [1.82, 2.24) is 9.55 Å². The van der Waals surface area contributed by atoms with E-state index in [0.29, 0.717) is 27.6 Å². The number of nitrogens with zero attached hydrogens (tertiary/aromatic N) is 2. The average molecular weight is 454 g/mol. The summed E-state index contributed by atoms with van der Waals surface area (Å²) in [5.41, 5.74) is 0.319. The predicted octanol–water partition coefficient (Wildman–Crippen LogP) is 5.23. The second-order valence-corrected chi connectivity index (χ2v) is 8.64. The van der Waals surface area contributed by atoms with Crippen LogP contribution in [0.3, 0.4) is 0 Å². The van der Waals surface area contributed by atoms with E-state index in [2.05, 4.69) is 10.3 Å². The maximum absolute atomic E-state index is 13.9. The Labute approximate surface area is 181 Å². The second kappa shape index (κ2) is 9.15. The molecule has 0 aliphatic heterocycles. The first kappa shape index (κ1) is 21.6. The van der Waals surface area contributed by atoms with Crippen molar-refractivity contribution in [1.29, 1.82) is 0 Å². The predicted molar refractivity (Wildman–Crippen MR) is 117 cm³/mol. The summed E-state index contributed by atoms with van der Waals surface area (Å²) in [5, 5.41) is 4.08. The van der Waals surface area contributed by atoms with Crippen LogP contribution < -0.4 is 10.9 Å². The van der Waals surface area contributed by atoms with Gasteiger partial charge in [-0.25, -0.2) is 9.37 Å². The number of carbonyl (C=O) groups excluding carboxylic acids is 1. The van der Waals surface area contributed by atoms with Gasteiger partial charge in [-0.3, -0.25) is 14.2 Å². The minimum Gasteiger partial charge on any atom is -0.323 e. The Kier molecular flexibility index (Phi) is 6.82. The van der Waals surface area contributed by atoms with Crippen molar-refractivity contribution in [2.45, 2.75) is 25.5 Å². The van der Waals surface area contributed by atoms with Gasteiger partial charge in [0, 0.05) is 16.6 Å². The van der Waals surface area contributed by atoms with E-state index in [4.69, 9.17) is 23.2 Å². The van der Waals surface area contributed by atoms with Gasteiger partial charge in [0.25, 0.3) is 5.56 Å². The van der Waals surface area contributed by atoms with Crippen molar-refractivity contribution in [2.75, 3.05) is 11.1 Å². The Morgan fingerprint density at radius 3 is 2.59 bits per heavy atom. The van der Waals surface area contributed by atoms with Crippen molar-refractivity contribution in [2.24, 2.45) is 5.92 Å². The molecule has 3 aromatic rings. The summed E-state index contributed by atoms with van der Waals surface area (Å²) in [5.74, 6) is -0.882. The number of fused-ring (bicyclic) bond motifs is 1. The first-order valence-corrected chi connectivity index (χ1v) is 10.6. The number of nitrogens with one attached hydrogen (secondary N) is 1. The molecular formula is C20H18Cl2FN3O2S. The van der Waals surface area contributed by atoms with Crippen LogP contribution in [0.1, 0.15) is 13.8 Å². The molecule has 0 aliphatic carbocycles. The molecule has 0 spiro atoms. The maximum Gasteiger partial charge on any atom is 0.262 e. The van der Waals surface area contributed by atoms with E-state index in [1.807, 2.05) is 13.8 Å². The van der Waals surface area contributed by atoms with E-state index < -0.39 is 11.7 Å². The molecule has 0 radical (unpaired) electrons. The molecule has 0 atom stereocenters. The fourth-order valence-electron chi connectivity index (χ4n) is 2.72. The third-order valence-corrected chi connectivity index (χ3v) is 5.41. The first-order valence-electron chi connectivity index (χ1n) is 8.82. The minimum absolute atomic E-state index is 0.0397. The van der Waals surface area contributed by atoms with Gasteiger partial charge in [0.1, 0.15) is 5.82 Å². The number of thioether (sulfide) groups is 1. The number of benzene rings is 2. The lowest BCUT2D eigenvalue weighted by atomic mass is 10.2. The summed E-state index contributed by atoms with van der Waals surface area (Å²) < 4.78 is 15.4. The van der Waals surface area contributed by atoms with E-state index >= 15 is 0 Å². The number of halogens is 3. The zero-order chi connectivity index (χ0) is 21.1. The average Bonchev–Trinajstić information content (AvgIpc) is 2.64. The van der Waals surface area contributed by atoms with Crippen molar-refractivity contribution in [3.63, 3.8) is 0 Å². The lowest BCUT2D eigenvalue weighted by molar-refractivity contribution is -0.113. The van der Waals surface area contributed by atoms with Gasteiger partial charge in [0.15, 0.2) is 5.16 Å². The van der Waals surface area contributed by atoms with Crippen molar-refractivity contribution in [3.8, 4) is 0 Å². The summed E-state index contributed by atoms with van der Waals surface area (Å²) >= 11 is 12.9. The molecule has 1 heterocycles. The van der Waals surface area contributed by atoms with Crippen molar-refractivity contribution >= 4 is 57.5 Å². The van der Waals surface area contributed by atoms with Crippen LogP contribution in [0.2, 0.25) is 10.0 Å². The zero-order valence-corrected chi connectivity index (χ0v) is 18.0. The van der Waals surface area contributed by atoms with Crippen molar-refractivity contribution in [3.05, 3.63) is 62.6 Å². The summed E-state index contributed by atoms with van der Waals surface area (Å²) in [7, 11) is 0. The third kappa shape index (κ3) is 5.29. The molecule has 0 saturated carbocycles. The summed E-state index contributed by atoms with van der Waals surface area (Å²) in [6.07, 6.45) is 0. The van der Waals surface area contributed by atoms with E-state index in [9.17, 15) is 14.0 Å². The van der Waals surface area contributed by atoms with Crippen LogP contribution in [0.15, 0.2) is 46.3 Å². The van der Waals surface area contributed by atoms with Crippen LogP contribution in [0.25, 0.3) is 10.9 Å². The highest BCUT2D eigenvalue weighted by molar-refractivity contribution is 7.99. The van der Waals surface area contributed by atoms with Gasteiger partial charge in [-0.1, -0.05) is 48.8 Å². The normalized spacial score (nSPS) is 11.2. The van der Waals surface area contributed by atoms with Crippen LogP contribution >= 0.6 is 35.0 Å². The summed E-state index contributed by atoms with van der Waals surface area (Å²) in [4.78, 5) is 29.7. The fourth-order valence-corrected chi connectivity index (χ4v) is 3.85. The fraction of sp³-hybridized carbons (Fsp3) is 0.250. The highest BCUT2D eigenvalue weighted by Crippen LogP contribution is 2.23. The summed E-state index contributed by atoms with van der Waals surface area (Å²) in [6, 6.07) is 8.92. The molecule has 29 heavy (non-hydrogen) atoms.